The third kappa shape index (κ3) is 5.25. The van der Waals surface area contributed by atoms with E-state index in [1.165, 1.54) is 6.07 Å². The summed E-state index contributed by atoms with van der Waals surface area (Å²) in [4.78, 5) is 31.4. The molecule has 2 atom stereocenters. The van der Waals surface area contributed by atoms with Gasteiger partial charge in [-0.15, -0.1) is 11.3 Å². The molecule has 0 radical (unpaired) electrons. The first-order chi connectivity index (χ1) is 25.0. The van der Waals surface area contributed by atoms with Crippen molar-refractivity contribution in [2.75, 3.05) is 24.8 Å². The summed E-state index contributed by atoms with van der Waals surface area (Å²) in [5.41, 5.74) is 4.63. The fourth-order valence-corrected chi connectivity index (χ4v) is 8.81. The van der Waals surface area contributed by atoms with E-state index in [0.29, 0.717) is 24.2 Å². The number of benzene rings is 4. The van der Waals surface area contributed by atoms with Crippen LogP contribution in [0.5, 0.6) is 5.75 Å². The first-order valence-electron chi connectivity index (χ1n) is 16.8. The second-order valence-electron chi connectivity index (χ2n) is 12.8. The molecular weight excluding hydrogens is 669 g/mol. The van der Waals surface area contributed by atoms with Gasteiger partial charge >= 0.3 is 0 Å². The van der Waals surface area contributed by atoms with Crippen LogP contribution in [0.4, 0.5) is 8.78 Å². The smallest absolute Gasteiger partial charge is 0.278 e. The van der Waals surface area contributed by atoms with Gasteiger partial charge in [-0.05, 0) is 39.9 Å². The van der Waals surface area contributed by atoms with Crippen LogP contribution in [0.1, 0.15) is 43.7 Å². The topological polar surface area (TPSA) is 64.0 Å². The molecule has 1 unspecified atom stereocenters. The van der Waals surface area contributed by atoms with Crippen LogP contribution in [0, 0.1) is 11.6 Å². The molecule has 0 bridgehead atoms. The molecule has 0 N–H and O–H groups in total. The van der Waals surface area contributed by atoms with Gasteiger partial charge in [0.1, 0.15) is 12.8 Å². The maximum Gasteiger partial charge on any atom is 0.278 e. The van der Waals surface area contributed by atoms with E-state index in [1.54, 1.807) is 33.2 Å². The van der Waals surface area contributed by atoms with Crippen LogP contribution in [0.25, 0.3) is 21.6 Å². The summed E-state index contributed by atoms with van der Waals surface area (Å²) in [6.07, 6.45) is 1.58. The van der Waals surface area contributed by atoms with Gasteiger partial charge in [0.15, 0.2) is 23.1 Å². The Morgan fingerprint density at radius 3 is 2.37 bits per heavy atom. The fourth-order valence-electron chi connectivity index (χ4n) is 7.56. The van der Waals surface area contributed by atoms with Gasteiger partial charge in [-0.2, -0.15) is 0 Å². The molecule has 4 aromatic carbocycles. The van der Waals surface area contributed by atoms with Gasteiger partial charge in [0, 0.05) is 46.1 Å². The van der Waals surface area contributed by atoms with E-state index in [1.807, 2.05) is 83.9 Å². The molecule has 0 saturated carbocycles. The lowest BCUT2D eigenvalue weighted by Gasteiger charge is -2.51. The Bertz CT molecular complexity index is 2360. The van der Waals surface area contributed by atoms with E-state index >= 15 is 8.78 Å². The Labute approximate surface area is 296 Å². The molecule has 3 aliphatic rings. The van der Waals surface area contributed by atoms with Crippen molar-refractivity contribution in [2.45, 2.75) is 25.2 Å². The van der Waals surface area contributed by atoms with Gasteiger partial charge in [0.2, 0.25) is 5.43 Å². The second-order valence-corrected chi connectivity index (χ2v) is 14.0. The molecule has 9 rings (SSSR count). The van der Waals surface area contributed by atoms with Gasteiger partial charge in [0.05, 0.1) is 19.3 Å². The zero-order valence-electron chi connectivity index (χ0n) is 27.3. The Hall–Kier alpha value is -5.58. The number of thiophene rings is 1. The highest BCUT2D eigenvalue weighted by molar-refractivity contribution is 7.16. The highest BCUT2D eigenvalue weighted by Gasteiger charge is 2.47. The molecule has 1 amide bonds. The summed E-state index contributed by atoms with van der Waals surface area (Å²) >= 11 is 1.57. The third-order valence-electron chi connectivity index (χ3n) is 9.84. The number of fused-ring (bicyclic) bond motifs is 7. The normalized spacial score (nSPS) is 17.5. The van der Waals surface area contributed by atoms with E-state index in [-0.39, 0.29) is 42.7 Å². The lowest BCUT2D eigenvalue weighted by atomic mass is 9.91. The first kappa shape index (κ1) is 31.4. The molecule has 1 fully saturated rings. The highest BCUT2D eigenvalue weighted by Crippen LogP contribution is 2.52. The molecule has 7 nitrogen and oxygen atoms in total. The van der Waals surface area contributed by atoms with Crippen LogP contribution in [-0.2, 0) is 17.8 Å². The molecule has 10 heteroatoms. The number of ether oxygens (including phenoxy) is 2. The largest absolute Gasteiger partial charge is 0.482 e. The Balaban J connectivity index is 1.26. The van der Waals surface area contributed by atoms with Gasteiger partial charge in [-0.25, -0.2) is 8.78 Å². The predicted octanol–water partition coefficient (Wildman–Crippen LogP) is 7.54. The maximum atomic E-state index is 16.5. The standard InChI is InChI=1S/C41H31F2N3O4S/c42-32-16-15-30-35(36(32)43)31-22-27(21-25-9-3-1-4-10-25)51-40(31)29-14-8-7-13-28(29)37(30)46-34-24-49-20-19-44(34)41(48)38-39(33(47)17-18-45(38)46)50-23-26-11-5-2-6-12-26/h1-18,22,34,37H,19-21,23-24H2/t34-,37?/m1/s1. The summed E-state index contributed by atoms with van der Waals surface area (Å²) < 4.78 is 45.6. The van der Waals surface area contributed by atoms with E-state index < -0.39 is 29.3 Å². The number of carbonyl (C=O) groups excluding carboxylic acids is 1. The molecule has 2 aromatic heterocycles. The van der Waals surface area contributed by atoms with Gasteiger partial charge in [-0.1, -0.05) is 91.0 Å². The quantitative estimate of drug-likeness (QED) is 0.180. The second kappa shape index (κ2) is 12.6. The van der Waals surface area contributed by atoms with Crippen molar-refractivity contribution < 1.29 is 23.0 Å². The SMILES string of the molecule is O=C1c2c(OCc3ccccc3)c(=O)ccn2N(C2c3ccccc3-c3sc(Cc4ccccc4)cc3-c3c2ccc(F)c3F)[C@@H]2COCCN12. The average molecular weight is 700 g/mol. The molecule has 2 aliphatic heterocycles. The van der Waals surface area contributed by atoms with Crippen molar-refractivity contribution in [3.63, 3.8) is 0 Å². The molecule has 254 valence electrons. The summed E-state index contributed by atoms with van der Waals surface area (Å²) in [6, 6.07) is 32.8. The number of nitrogens with zero attached hydrogens (tertiary/aromatic N) is 3. The van der Waals surface area contributed by atoms with Crippen molar-refractivity contribution in [3.05, 3.63) is 170 Å². The fraction of sp³-hybridized carbons (Fsp3) is 0.171. The molecule has 51 heavy (non-hydrogen) atoms. The first-order valence-corrected chi connectivity index (χ1v) is 17.6. The maximum absolute atomic E-state index is 16.5. The zero-order valence-corrected chi connectivity index (χ0v) is 28.1. The van der Waals surface area contributed by atoms with Crippen molar-refractivity contribution >= 4 is 17.2 Å². The number of hydrogen-bond acceptors (Lipinski definition) is 6. The van der Waals surface area contributed by atoms with Crippen molar-refractivity contribution in [2.24, 2.45) is 0 Å². The lowest BCUT2D eigenvalue weighted by molar-refractivity contribution is -0.0197. The van der Waals surface area contributed by atoms with Crippen LogP contribution >= 0.6 is 11.3 Å². The number of carbonyl (C=O) groups is 1. The summed E-state index contributed by atoms with van der Waals surface area (Å²) in [5, 5.41) is 1.96. The monoisotopic (exact) mass is 699 g/mol. The van der Waals surface area contributed by atoms with Gasteiger partial charge < -0.3 is 14.4 Å². The molecule has 1 aliphatic carbocycles. The zero-order chi connectivity index (χ0) is 34.6. The number of aromatic nitrogens is 1. The number of amides is 1. The minimum absolute atomic E-state index is 0.0709. The lowest BCUT2D eigenvalue weighted by Crippen LogP contribution is -2.66. The summed E-state index contributed by atoms with van der Waals surface area (Å²) in [6.45, 7) is 0.832. The van der Waals surface area contributed by atoms with Crippen LogP contribution in [-0.4, -0.2) is 41.4 Å². The van der Waals surface area contributed by atoms with E-state index in [4.69, 9.17) is 9.47 Å². The van der Waals surface area contributed by atoms with Crippen LogP contribution in [0.2, 0.25) is 0 Å². The third-order valence-corrected chi connectivity index (χ3v) is 11.0. The number of hydrogen-bond donors (Lipinski definition) is 0. The minimum Gasteiger partial charge on any atom is -0.482 e. The summed E-state index contributed by atoms with van der Waals surface area (Å²) in [5.74, 6) is -2.32. The number of pyridine rings is 1. The van der Waals surface area contributed by atoms with E-state index in [9.17, 15) is 9.59 Å². The Morgan fingerprint density at radius 1 is 0.824 bits per heavy atom. The van der Waals surface area contributed by atoms with Crippen LogP contribution in [0.3, 0.4) is 0 Å². The van der Waals surface area contributed by atoms with Crippen molar-refractivity contribution in [3.8, 4) is 27.3 Å². The average Bonchev–Trinajstić information content (AvgIpc) is 3.53. The van der Waals surface area contributed by atoms with Gasteiger partial charge in [0.25, 0.3) is 5.91 Å². The van der Waals surface area contributed by atoms with Crippen LogP contribution in [0.15, 0.2) is 120 Å². The van der Waals surface area contributed by atoms with E-state index in [2.05, 4.69) is 12.1 Å². The Kier molecular flexibility index (Phi) is 7.78. The molecular formula is C41H31F2N3O4S. The Morgan fingerprint density at radius 2 is 1.57 bits per heavy atom. The molecule has 4 heterocycles. The molecule has 1 saturated heterocycles. The van der Waals surface area contributed by atoms with Crippen molar-refractivity contribution in [1.29, 1.82) is 0 Å². The van der Waals surface area contributed by atoms with E-state index in [0.717, 1.165) is 38.1 Å². The number of halogens is 2. The van der Waals surface area contributed by atoms with Crippen molar-refractivity contribution in [1.82, 2.24) is 9.58 Å². The highest BCUT2D eigenvalue weighted by atomic mass is 32.1. The summed E-state index contributed by atoms with van der Waals surface area (Å²) in [7, 11) is 0. The minimum atomic E-state index is -0.947. The molecule has 0 spiro atoms. The van der Waals surface area contributed by atoms with Gasteiger partial charge in [-0.3, -0.25) is 19.3 Å². The number of rotatable bonds is 6. The number of morpholine rings is 1. The van der Waals surface area contributed by atoms with Crippen LogP contribution < -0.4 is 15.2 Å². The predicted molar refractivity (Wildman–Crippen MR) is 192 cm³/mol. The molecule has 6 aromatic rings.